The van der Waals surface area contributed by atoms with E-state index in [1.165, 1.54) is 0 Å². The van der Waals surface area contributed by atoms with Crippen molar-refractivity contribution >= 4 is 17.0 Å². The van der Waals surface area contributed by atoms with Crippen LogP contribution in [-0.4, -0.2) is 62.0 Å². The zero-order valence-electron chi connectivity index (χ0n) is 21.3. The molecule has 38 heavy (non-hydrogen) atoms. The van der Waals surface area contributed by atoms with E-state index in [-0.39, 0.29) is 19.1 Å². The highest BCUT2D eigenvalue weighted by atomic mass is 16.5. The van der Waals surface area contributed by atoms with E-state index in [2.05, 4.69) is 29.6 Å². The third-order valence-electron chi connectivity index (χ3n) is 7.32. The minimum Gasteiger partial charge on any atom is -0.493 e. The van der Waals surface area contributed by atoms with Gasteiger partial charge in [0.25, 0.3) is 0 Å². The van der Waals surface area contributed by atoms with Gasteiger partial charge in [-0.25, -0.2) is 4.98 Å². The summed E-state index contributed by atoms with van der Waals surface area (Å²) in [5, 5.41) is 43.5. The van der Waals surface area contributed by atoms with Gasteiger partial charge in [0.05, 0.1) is 29.8 Å². The number of aromatic nitrogens is 2. The first-order valence-corrected chi connectivity index (χ1v) is 13.2. The highest BCUT2D eigenvalue weighted by molar-refractivity contribution is 5.79. The maximum absolute atomic E-state index is 10.8. The Morgan fingerprint density at radius 3 is 2.47 bits per heavy atom. The quantitative estimate of drug-likeness (QED) is 0.192. The van der Waals surface area contributed by atoms with Crippen molar-refractivity contribution in [2.75, 3.05) is 25.1 Å². The molecule has 1 aromatic heterocycles. The molecule has 1 heterocycles. The number of rotatable bonds is 11. The van der Waals surface area contributed by atoms with Gasteiger partial charge in [0.15, 0.2) is 0 Å². The molecule has 8 heteroatoms. The Morgan fingerprint density at radius 2 is 1.71 bits per heavy atom. The lowest BCUT2D eigenvalue weighted by Gasteiger charge is -2.21. The molecule has 0 spiro atoms. The number of para-hydroxylation sites is 2. The number of benzene rings is 3. The standard InChI is InChI=1S/C30H35N3O5/c34-14-6-7-15-38-27-16-20(12-13-23(27)21-8-2-1-3-9-21)18-31-30-32-24-10-4-5-11-25(24)33(30)26-17-22(19-35)28(36)29(26)37/h1-5,8-13,16,22,26,28-29,34-37H,6-7,14-15,17-19H2,(H,31,32). The van der Waals surface area contributed by atoms with Gasteiger partial charge in [-0.2, -0.15) is 0 Å². The Kier molecular flexibility index (Phi) is 8.24. The number of nitrogens with one attached hydrogen (secondary N) is 1. The highest BCUT2D eigenvalue weighted by Crippen LogP contribution is 2.39. The summed E-state index contributed by atoms with van der Waals surface area (Å²) in [5.74, 6) is 0.987. The van der Waals surface area contributed by atoms with Crippen LogP contribution in [0.5, 0.6) is 5.75 Å². The number of aliphatic hydroxyl groups is 4. The molecule has 5 N–H and O–H groups in total. The van der Waals surface area contributed by atoms with Crippen molar-refractivity contribution in [2.24, 2.45) is 5.92 Å². The lowest BCUT2D eigenvalue weighted by molar-refractivity contribution is -0.00345. The fraction of sp³-hybridized carbons (Fsp3) is 0.367. The summed E-state index contributed by atoms with van der Waals surface area (Å²) in [6.07, 6.45) is -0.0890. The molecule has 1 aliphatic carbocycles. The molecule has 1 saturated carbocycles. The van der Waals surface area contributed by atoms with Crippen LogP contribution in [0.3, 0.4) is 0 Å². The van der Waals surface area contributed by atoms with Crippen LogP contribution in [0, 0.1) is 5.92 Å². The van der Waals surface area contributed by atoms with Crippen LogP contribution in [-0.2, 0) is 6.54 Å². The number of hydrogen-bond donors (Lipinski definition) is 5. The summed E-state index contributed by atoms with van der Waals surface area (Å²) in [4.78, 5) is 4.78. The topological polar surface area (TPSA) is 120 Å². The van der Waals surface area contributed by atoms with Crippen LogP contribution in [0.15, 0.2) is 72.8 Å². The number of anilines is 1. The number of ether oxygens (including phenoxy) is 1. The number of unbranched alkanes of at least 4 members (excludes halogenated alkanes) is 1. The third-order valence-corrected chi connectivity index (χ3v) is 7.32. The maximum atomic E-state index is 10.8. The Morgan fingerprint density at radius 1 is 0.921 bits per heavy atom. The zero-order chi connectivity index (χ0) is 26.5. The largest absolute Gasteiger partial charge is 0.493 e. The van der Waals surface area contributed by atoms with Crippen LogP contribution in [0.1, 0.15) is 30.9 Å². The Balaban J connectivity index is 1.42. The minimum atomic E-state index is -1.01. The van der Waals surface area contributed by atoms with E-state index in [4.69, 9.17) is 14.8 Å². The fourth-order valence-corrected chi connectivity index (χ4v) is 5.27. The average molecular weight is 518 g/mol. The number of hydrogen-bond acceptors (Lipinski definition) is 7. The summed E-state index contributed by atoms with van der Waals surface area (Å²) >= 11 is 0. The molecule has 4 unspecified atom stereocenters. The average Bonchev–Trinajstić information content (AvgIpc) is 3.46. The van der Waals surface area contributed by atoms with Gasteiger partial charge in [-0.3, -0.25) is 0 Å². The second-order valence-corrected chi connectivity index (χ2v) is 9.85. The molecule has 4 aromatic rings. The second-order valence-electron chi connectivity index (χ2n) is 9.85. The Labute approximate surface area is 222 Å². The van der Waals surface area contributed by atoms with Crippen molar-refractivity contribution in [3.63, 3.8) is 0 Å². The van der Waals surface area contributed by atoms with E-state index in [9.17, 15) is 15.3 Å². The monoisotopic (exact) mass is 517 g/mol. The first-order valence-electron chi connectivity index (χ1n) is 13.2. The number of imidazole rings is 1. The maximum Gasteiger partial charge on any atom is 0.204 e. The summed E-state index contributed by atoms with van der Waals surface area (Å²) in [7, 11) is 0. The van der Waals surface area contributed by atoms with Crippen LogP contribution in [0.25, 0.3) is 22.2 Å². The Bertz CT molecular complexity index is 1340. The van der Waals surface area contributed by atoms with Gasteiger partial charge in [-0.1, -0.05) is 54.6 Å². The van der Waals surface area contributed by atoms with Gasteiger partial charge in [-0.15, -0.1) is 0 Å². The van der Waals surface area contributed by atoms with Gasteiger partial charge in [0.1, 0.15) is 11.9 Å². The van der Waals surface area contributed by atoms with Gasteiger partial charge < -0.3 is 35.0 Å². The van der Waals surface area contributed by atoms with E-state index in [0.717, 1.165) is 39.9 Å². The molecule has 0 amide bonds. The van der Waals surface area contributed by atoms with Gasteiger partial charge in [0, 0.05) is 31.2 Å². The summed E-state index contributed by atoms with van der Waals surface area (Å²) in [6.45, 7) is 0.950. The molecule has 200 valence electrons. The fourth-order valence-electron chi connectivity index (χ4n) is 5.27. The van der Waals surface area contributed by atoms with E-state index >= 15 is 0 Å². The van der Waals surface area contributed by atoms with Crippen LogP contribution >= 0.6 is 0 Å². The van der Waals surface area contributed by atoms with Crippen molar-refractivity contribution in [2.45, 2.75) is 44.1 Å². The molecule has 8 nitrogen and oxygen atoms in total. The molecule has 0 aliphatic heterocycles. The summed E-state index contributed by atoms with van der Waals surface area (Å²) < 4.78 is 8.09. The van der Waals surface area contributed by atoms with Gasteiger partial charge in [-0.05, 0) is 48.6 Å². The normalized spacial score (nSPS) is 21.2. The summed E-state index contributed by atoms with van der Waals surface area (Å²) in [6, 6.07) is 23.5. The van der Waals surface area contributed by atoms with Crippen LogP contribution in [0.4, 0.5) is 5.95 Å². The molecular weight excluding hydrogens is 482 g/mol. The van der Waals surface area contributed by atoms with E-state index < -0.39 is 18.2 Å². The SMILES string of the molecule is OCCCCOc1cc(CNc2nc3ccccc3n2C2CC(CO)C(O)C2O)ccc1-c1ccccc1. The molecule has 0 bridgehead atoms. The van der Waals surface area contributed by atoms with E-state index in [1.54, 1.807) is 0 Å². The highest BCUT2D eigenvalue weighted by Gasteiger charge is 2.43. The third kappa shape index (κ3) is 5.39. The predicted molar refractivity (Wildman–Crippen MR) is 147 cm³/mol. The van der Waals surface area contributed by atoms with Gasteiger partial charge >= 0.3 is 0 Å². The molecule has 0 saturated heterocycles. The molecule has 0 radical (unpaired) electrons. The zero-order valence-corrected chi connectivity index (χ0v) is 21.3. The smallest absolute Gasteiger partial charge is 0.204 e. The van der Waals surface area contributed by atoms with Gasteiger partial charge in [0.2, 0.25) is 5.95 Å². The lowest BCUT2D eigenvalue weighted by Crippen LogP contribution is -2.30. The van der Waals surface area contributed by atoms with E-state index in [1.807, 2.05) is 53.1 Å². The molecule has 4 atom stereocenters. The van der Waals surface area contributed by atoms with Crippen LogP contribution in [0.2, 0.25) is 0 Å². The molecule has 3 aromatic carbocycles. The van der Waals surface area contributed by atoms with Crippen molar-refractivity contribution in [1.82, 2.24) is 9.55 Å². The first-order chi connectivity index (χ1) is 18.6. The number of fused-ring (bicyclic) bond motifs is 1. The van der Waals surface area contributed by atoms with Crippen molar-refractivity contribution < 1.29 is 25.2 Å². The van der Waals surface area contributed by atoms with Crippen molar-refractivity contribution in [1.29, 1.82) is 0 Å². The van der Waals surface area contributed by atoms with Crippen molar-refractivity contribution in [3.8, 4) is 16.9 Å². The number of aliphatic hydroxyl groups excluding tert-OH is 4. The number of nitrogens with zero attached hydrogens (tertiary/aromatic N) is 2. The Hall–Kier alpha value is -3.43. The second kappa shape index (κ2) is 12.0. The van der Waals surface area contributed by atoms with Crippen LogP contribution < -0.4 is 10.1 Å². The minimum absolute atomic E-state index is 0.144. The van der Waals surface area contributed by atoms with Crippen molar-refractivity contribution in [3.05, 3.63) is 78.4 Å². The molecule has 1 fully saturated rings. The summed E-state index contributed by atoms with van der Waals surface area (Å²) in [5.41, 5.74) is 4.72. The molecule has 1 aliphatic rings. The first kappa shape index (κ1) is 26.2. The van der Waals surface area contributed by atoms with E-state index in [0.29, 0.717) is 31.9 Å². The molecular formula is C30H35N3O5. The lowest BCUT2D eigenvalue weighted by atomic mass is 10.0. The molecule has 5 rings (SSSR count). The predicted octanol–water partition coefficient (Wildman–Crippen LogP) is 3.74.